The van der Waals surface area contributed by atoms with E-state index in [1.165, 1.54) is 0 Å². The number of aromatic nitrogens is 2. The molecule has 2 heterocycles. The Morgan fingerprint density at radius 1 is 1.29 bits per heavy atom. The smallest absolute Gasteiger partial charge is 0.305 e. The van der Waals surface area contributed by atoms with Gasteiger partial charge in [0.1, 0.15) is 0 Å². The minimum atomic E-state index is -0.937. The summed E-state index contributed by atoms with van der Waals surface area (Å²) in [5.74, 6) is -1.11. The average Bonchev–Trinajstić information content (AvgIpc) is 3.01. The number of morpholine rings is 1. The maximum Gasteiger partial charge on any atom is 0.305 e. The molecular formula is C17H19N3O4. The molecule has 126 valence electrons. The highest BCUT2D eigenvalue weighted by molar-refractivity contribution is 5.95. The van der Waals surface area contributed by atoms with E-state index in [0.29, 0.717) is 18.7 Å². The van der Waals surface area contributed by atoms with Crippen LogP contribution in [0.2, 0.25) is 0 Å². The minimum absolute atomic E-state index is 0.115. The summed E-state index contributed by atoms with van der Waals surface area (Å²) in [6.07, 6.45) is 1.74. The van der Waals surface area contributed by atoms with Crippen molar-refractivity contribution >= 4 is 11.9 Å². The molecule has 1 unspecified atom stereocenters. The van der Waals surface area contributed by atoms with Gasteiger partial charge in [0.05, 0.1) is 37.1 Å². The number of hydrogen-bond acceptors (Lipinski definition) is 4. The highest BCUT2D eigenvalue weighted by Crippen LogP contribution is 2.17. The second kappa shape index (κ2) is 6.84. The molecule has 1 amide bonds. The first kappa shape index (κ1) is 16.2. The van der Waals surface area contributed by atoms with Crippen LogP contribution in [0.3, 0.4) is 0 Å². The molecule has 0 bridgehead atoms. The maximum absolute atomic E-state index is 12.7. The number of carbonyl (C=O) groups excluding carboxylic acids is 1. The molecule has 1 fully saturated rings. The van der Waals surface area contributed by atoms with Crippen molar-refractivity contribution in [1.82, 2.24) is 14.7 Å². The number of ether oxygens (including phenoxy) is 1. The number of aryl methyl sites for hydroxylation is 1. The van der Waals surface area contributed by atoms with E-state index in [0.717, 1.165) is 11.4 Å². The Bertz CT molecular complexity index is 739. The van der Waals surface area contributed by atoms with Gasteiger partial charge < -0.3 is 14.7 Å². The summed E-state index contributed by atoms with van der Waals surface area (Å²) in [5, 5.41) is 13.3. The largest absolute Gasteiger partial charge is 0.481 e. The van der Waals surface area contributed by atoms with E-state index in [1.54, 1.807) is 21.7 Å². The third-order valence-corrected chi connectivity index (χ3v) is 4.00. The van der Waals surface area contributed by atoms with E-state index < -0.39 is 12.0 Å². The molecule has 1 aromatic heterocycles. The average molecular weight is 329 g/mol. The Labute approximate surface area is 139 Å². The molecule has 0 saturated carbocycles. The van der Waals surface area contributed by atoms with E-state index in [-0.39, 0.29) is 18.9 Å². The second-order valence-electron chi connectivity index (χ2n) is 5.77. The Hall–Kier alpha value is -2.67. The summed E-state index contributed by atoms with van der Waals surface area (Å²) in [4.78, 5) is 25.3. The van der Waals surface area contributed by atoms with Crippen LogP contribution in [0, 0.1) is 6.92 Å². The van der Waals surface area contributed by atoms with Crippen LogP contribution in [0.25, 0.3) is 5.69 Å². The quantitative estimate of drug-likeness (QED) is 0.919. The molecule has 24 heavy (non-hydrogen) atoms. The fraction of sp³-hybridized carbons (Fsp3) is 0.353. The Morgan fingerprint density at radius 2 is 2.04 bits per heavy atom. The standard InChI is InChI=1S/C17H19N3O4/c1-12-6-7-20(18-12)14-4-2-13(3-5-14)17(23)19-8-9-24-11-15(19)10-16(21)22/h2-7,15H,8-11H2,1H3,(H,21,22). The zero-order chi connectivity index (χ0) is 17.1. The van der Waals surface area contributed by atoms with Crippen molar-refractivity contribution in [2.75, 3.05) is 19.8 Å². The summed E-state index contributed by atoms with van der Waals surface area (Å²) in [7, 11) is 0. The molecule has 1 saturated heterocycles. The van der Waals surface area contributed by atoms with Gasteiger partial charge in [-0.3, -0.25) is 9.59 Å². The van der Waals surface area contributed by atoms with Crippen LogP contribution in [0.1, 0.15) is 22.5 Å². The highest BCUT2D eigenvalue weighted by Gasteiger charge is 2.29. The molecule has 0 spiro atoms. The van der Waals surface area contributed by atoms with E-state index in [9.17, 15) is 9.59 Å². The Kier molecular flexibility index (Phi) is 4.61. The maximum atomic E-state index is 12.7. The van der Waals surface area contributed by atoms with Gasteiger partial charge in [0.2, 0.25) is 0 Å². The Morgan fingerprint density at radius 3 is 2.67 bits per heavy atom. The molecule has 7 heteroatoms. The molecule has 7 nitrogen and oxygen atoms in total. The highest BCUT2D eigenvalue weighted by atomic mass is 16.5. The van der Waals surface area contributed by atoms with E-state index in [4.69, 9.17) is 9.84 Å². The van der Waals surface area contributed by atoms with Gasteiger partial charge >= 0.3 is 5.97 Å². The van der Waals surface area contributed by atoms with Crippen LogP contribution in [0.15, 0.2) is 36.5 Å². The molecule has 1 atom stereocenters. The van der Waals surface area contributed by atoms with Crippen molar-refractivity contribution in [2.45, 2.75) is 19.4 Å². The Balaban J connectivity index is 1.77. The van der Waals surface area contributed by atoms with Gasteiger partial charge in [0.25, 0.3) is 5.91 Å². The van der Waals surface area contributed by atoms with Crippen LogP contribution in [0.5, 0.6) is 0 Å². The van der Waals surface area contributed by atoms with E-state index >= 15 is 0 Å². The SMILES string of the molecule is Cc1ccn(-c2ccc(C(=O)N3CCOCC3CC(=O)O)cc2)n1. The topological polar surface area (TPSA) is 84.7 Å². The van der Waals surface area contributed by atoms with Gasteiger partial charge in [-0.25, -0.2) is 4.68 Å². The van der Waals surface area contributed by atoms with Gasteiger partial charge in [-0.15, -0.1) is 0 Å². The van der Waals surface area contributed by atoms with Crippen LogP contribution in [-0.4, -0.2) is 57.5 Å². The number of carboxylic acid groups (broad SMARTS) is 1. The molecule has 0 aliphatic carbocycles. The molecule has 1 N–H and O–H groups in total. The normalized spacial score (nSPS) is 17.7. The first-order chi connectivity index (χ1) is 11.5. The zero-order valence-corrected chi connectivity index (χ0v) is 13.4. The number of benzene rings is 1. The van der Waals surface area contributed by atoms with Crippen molar-refractivity contribution in [3.8, 4) is 5.69 Å². The number of aliphatic carboxylic acids is 1. The molecule has 1 aliphatic heterocycles. The third-order valence-electron chi connectivity index (χ3n) is 4.00. The number of carbonyl (C=O) groups is 2. The number of hydrogen-bond donors (Lipinski definition) is 1. The van der Waals surface area contributed by atoms with Gasteiger partial charge in [-0.05, 0) is 37.3 Å². The fourth-order valence-electron chi connectivity index (χ4n) is 2.77. The lowest BCUT2D eigenvalue weighted by Gasteiger charge is -2.34. The summed E-state index contributed by atoms with van der Waals surface area (Å²) in [5.41, 5.74) is 2.31. The number of nitrogens with zero attached hydrogens (tertiary/aromatic N) is 3. The van der Waals surface area contributed by atoms with Crippen LogP contribution >= 0.6 is 0 Å². The first-order valence-corrected chi connectivity index (χ1v) is 7.78. The number of carboxylic acids is 1. The third kappa shape index (κ3) is 3.46. The molecular weight excluding hydrogens is 310 g/mol. The van der Waals surface area contributed by atoms with Crippen molar-refractivity contribution in [3.63, 3.8) is 0 Å². The van der Waals surface area contributed by atoms with Gasteiger partial charge in [0, 0.05) is 18.3 Å². The van der Waals surface area contributed by atoms with Crippen LogP contribution < -0.4 is 0 Å². The summed E-state index contributed by atoms with van der Waals surface area (Å²) < 4.78 is 7.05. The zero-order valence-electron chi connectivity index (χ0n) is 13.4. The predicted molar refractivity (Wildman–Crippen MR) is 86.2 cm³/mol. The van der Waals surface area contributed by atoms with Crippen LogP contribution in [0.4, 0.5) is 0 Å². The minimum Gasteiger partial charge on any atom is -0.481 e. The van der Waals surface area contributed by atoms with Crippen molar-refractivity contribution in [3.05, 3.63) is 47.8 Å². The van der Waals surface area contributed by atoms with Crippen molar-refractivity contribution in [2.24, 2.45) is 0 Å². The molecule has 1 aromatic carbocycles. The lowest BCUT2D eigenvalue weighted by atomic mass is 10.1. The fourth-order valence-corrected chi connectivity index (χ4v) is 2.77. The van der Waals surface area contributed by atoms with E-state index in [2.05, 4.69) is 5.10 Å². The van der Waals surface area contributed by atoms with E-state index in [1.807, 2.05) is 31.3 Å². The molecule has 2 aromatic rings. The van der Waals surface area contributed by atoms with Gasteiger partial charge in [-0.1, -0.05) is 0 Å². The lowest BCUT2D eigenvalue weighted by Crippen LogP contribution is -2.49. The molecule has 3 rings (SSSR count). The lowest BCUT2D eigenvalue weighted by molar-refractivity contribution is -0.139. The van der Waals surface area contributed by atoms with Crippen molar-refractivity contribution < 1.29 is 19.4 Å². The van der Waals surface area contributed by atoms with Crippen molar-refractivity contribution in [1.29, 1.82) is 0 Å². The first-order valence-electron chi connectivity index (χ1n) is 7.78. The second-order valence-corrected chi connectivity index (χ2v) is 5.77. The monoisotopic (exact) mass is 329 g/mol. The summed E-state index contributed by atoms with van der Waals surface area (Å²) in [6, 6.07) is 8.60. The molecule has 1 aliphatic rings. The summed E-state index contributed by atoms with van der Waals surface area (Å²) >= 11 is 0. The number of amides is 1. The molecule has 0 radical (unpaired) electrons. The van der Waals surface area contributed by atoms with Gasteiger partial charge in [-0.2, -0.15) is 5.10 Å². The summed E-state index contributed by atoms with van der Waals surface area (Å²) in [6.45, 7) is 2.99. The number of rotatable bonds is 4. The van der Waals surface area contributed by atoms with Crippen LogP contribution in [-0.2, 0) is 9.53 Å². The van der Waals surface area contributed by atoms with Gasteiger partial charge in [0.15, 0.2) is 0 Å². The predicted octanol–water partition coefficient (Wildman–Crippen LogP) is 1.50.